The molecule has 36 heavy (non-hydrogen) atoms. The summed E-state index contributed by atoms with van der Waals surface area (Å²) in [5, 5.41) is 30.0. The van der Waals surface area contributed by atoms with Gasteiger partial charge in [-0.3, -0.25) is 9.20 Å². The number of benzene rings is 3. The Balaban J connectivity index is 1.54. The number of aryl methyl sites for hydroxylation is 1. The monoisotopic (exact) mass is 498 g/mol. The fourth-order valence-electron chi connectivity index (χ4n) is 4.32. The summed E-state index contributed by atoms with van der Waals surface area (Å²) >= 11 is 1.32. The van der Waals surface area contributed by atoms with Gasteiger partial charge >= 0.3 is 5.63 Å². The highest BCUT2D eigenvalue weighted by Crippen LogP contribution is 2.33. The van der Waals surface area contributed by atoms with Gasteiger partial charge in [0.15, 0.2) is 16.7 Å². The van der Waals surface area contributed by atoms with Gasteiger partial charge in [-0.2, -0.15) is 0 Å². The highest BCUT2D eigenvalue weighted by atomic mass is 32.2. The van der Waals surface area contributed by atoms with Crippen molar-refractivity contribution in [2.45, 2.75) is 17.8 Å². The van der Waals surface area contributed by atoms with Gasteiger partial charge in [0.25, 0.3) is 5.56 Å². The third kappa shape index (κ3) is 3.42. The molecule has 6 aromatic rings. The number of phenols is 2. The number of hydrogen-bond donors (Lipinski definition) is 2. The maximum Gasteiger partial charge on any atom is 0.336 e. The highest BCUT2D eigenvalue weighted by Gasteiger charge is 2.19. The third-order valence-electron chi connectivity index (χ3n) is 6.03. The maximum atomic E-state index is 13.5. The number of aromatic nitrogens is 4. The number of thioether (sulfide) groups is 1. The number of aromatic hydroxyl groups is 2. The molecule has 0 aliphatic heterocycles. The van der Waals surface area contributed by atoms with Gasteiger partial charge < -0.3 is 14.6 Å². The summed E-state index contributed by atoms with van der Waals surface area (Å²) < 4.78 is 8.57. The molecule has 3 aromatic heterocycles. The summed E-state index contributed by atoms with van der Waals surface area (Å²) in [6.45, 7) is 1.93. The molecular formula is C26H18N4O5S. The second kappa shape index (κ2) is 8.28. The summed E-state index contributed by atoms with van der Waals surface area (Å²) in [4.78, 5) is 25.6. The minimum atomic E-state index is -0.576. The Morgan fingerprint density at radius 1 is 0.917 bits per heavy atom. The lowest BCUT2D eigenvalue weighted by Gasteiger charge is -2.13. The molecule has 0 radical (unpaired) electrons. The van der Waals surface area contributed by atoms with E-state index in [1.807, 2.05) is 53.8 Å². The second-order valence-corrected chi connectivity index (χ2v) is 9.22. The Labute approximate surface area is 206 Å². The summed E-state index contributed by atoms with van der Waals surface area (Å²) in [5.74, 6) is -0.0240. The van der Waals surface area contributed by atoms with E-state index >= 15 is 0 Å². The average molecular weight is 499 g/mol. The molecule has 0 unspecified atom stereocenters. The zero-order valence-corrected chi connectivity index (χ0v) is 19.7. The van der Waals surface area contributed by atoms with Gasteiger partial charge in [0.1, 0.15) is 5.58 Å². The molecule has 3 heterocycles. The zero-order valence-electron chi connectivity index (χ0n) is 18.9. The lowest BCUT2D eigenvalue weighted by Crippen LogP contribution is -2.22. The Hall–Kier alpha value is -4.57. The van der Waals surface area contributed by atoms with E-state index in [1.54, 1.807) is 10.6 Å². The molecule has 0 saturated heterocycles. The smallest absolute Gasteiger partial charge is 0.336 e. The van der Waals surface area contributed by atoms with Crippen LogP contribution in [0.25, 0.3) is 33.3 Å². The number of phenolic OH excluding ortho intramolecular Hbond substituents is 2. The molecule has 0 aliphatic carbocycles. The van der Waals surface area contributed by atoms with Gasteiger partial charge in [0.05, 0.1) is 16.6 Å². The second-order valence-electron chi connectivity index (χ2n) is 8.28. The minimum Gasteiger partial charge on any atom is -0.504 e. The lowest BCUT2D eigenvalue weighted by atomic mass is 10.1. The standard InChI is InChI=1S/C26H18N4O5S/c1-14-6-2-4-8-18(14)29-24(34)16-7-3-5-9-19(16)30-25(29)27-28-26(30)36-13-15-10-23(33)35-22-12-21(32)20(31)11-17(15)22/h2-12,31-32H,13H2,1H3. The van der Waals surface area contributed by atoms with Crippen molar-refractivity contribution < 1.29 is 14.6 Å². The first-order chi connectivity index (χ1) is 17.4. The predicted molar refractivity (Wildman–Crippen MR) is 136 cm³/mol. The fraction of sp³-hybridized carbons (Fsp3) is 0.0769. The van der Waals surface area contributed by atoms with Crippen LogP contribution in [0.3, 0.4) is 0 Å². The molecule has 0 bridgehead atoms. The van der Waals surface area contributed by atoms with E-state index in [0.29, 0.717) is 44.2 Å². The van der Waals surface area contributed by atoms with Crippen molar-refractivity contribution >= 4 is 39.4 Å². The van der Waals surface area contributed by atoms with Crippen LogP contribution < -0.4 is 11.2 Å². The summed E-state index contributed by atoms with van der Waals surface area (Å²) in [6, 6.07) is 18.7. The van der Waals surface area contributed by atoms with Crippen LogP contribution >= 0.6 is 11.8 Å². The summed E-state index contributed by atoms with van der Waals surface area (Å²) in [7, 11) is 0. The van der Waals surface area contributed by atoms with Crippen molar-refractivity contribution in [2.24, 2.45) is 0 Å². The Kier molecular flexibility index (Phi) is 5.04. The molecule has 0 saturated carbocycles. The van der Waals surface area contributed by atoms with Crippen molar-refractivity contribution in [1.82, 2.24) is 19.2 Å². The quantitative estimate of drug-likeness (QED) is 0.211. The Morgan fingerprint density at radius 2 is 1.67 bits per heavy atom. The summed E-state index contributed by atoms with van der Waals surface area (Å²) in [6.07, 6.45) is 0. The first-order valence-corrected chi connectivity index (χ1v) is 12.0. The first-order valence-electron chi connectivity index (χ1n) is 11.0. The largest absolute Gasteiger partial charge is 0.504 e. The maximum absolute atomic E-state index is 13.5. The molecule has 0 spiro atoms. The highest BCUT2D eigenvalue weighted by molar-refractivity contribution is 7.98. The minimum absolute atomic E-state index is 0.165. The van der Waals surface area contributed by atoms with Crippen LogP contribution in [0.15, 0.2) is 85.9 Å². The molecule has 2 N–H and O–H groups in total. The van der Waals surface area contributed by atoms with Crippen molar-refractivity contribution in [3.63, 3.8) is 0 Å². The van der Waals surface area contributed by atoms with Gasteiger partial charge in [-0.25, -0.2) is 9.36 Å². The molecule has 9 nitrogen and oxygen atoms in total. The molecule has 0 atom stereocenters. The van der Waals surface area contributed by atoms with E-state index in [4.69, 9.17) is 4.42 Å². The van der Waals surface area contributed by atoms with Crippen LogP contribution in [-0.4, -0.2) is 29.4 Å². The number of rotatable bonds is 4. The number of nitrogens with zero attached hydrogens (tertiary/aromatic N) is 4. The molecule has 0 aliphatic rings. The van der Waals surface area contributed by atoms with Crippen molar-refractivity contribution in [1.29, 1.82) is 0 Å². The predicted octanol–water partition coefficient (Wildman–Crippen LogP) is 4.15. The normalized spacial score (nSPS) is 11.6. The van der Waals surface area contributed by atoms with Gasteiger partial charge in [-0.1, -0.05) is 42.1 Å². The number of para-hydroxylation sites is 2. The summed E-state index contributed by atoms with van der Waals surface area (Å²) in [5.41, 5.74) is 2.28. The zero-order chi connectivity index (χ0) is 25.0. The van der Waals surface area contributed by atoms with Crippen LogP contribution in [0.4, 0.5) is 0 Å². The average Bonchev–Trinajstić information content (AvgIpc) is 3.28. The molecule has 178 valence electrons. The van der Waals surface area contributed by atoms with Crippen LogP contribution in [-0.2, 0) is 5.75 Å². The van der Waals surface area contributed by atoms with E-state index in [0.717, 1.165) is 5.56 Å². The molecule has 3 aromatic carbocycles. The van der Waals surface area contributed by atoms with Crippen LogP contribution in [0.2, 0.25) is 0 Å². The van der Waals surface area contributed by atoms with E-state index in [2.05, 4.69) is 10.2 Å². The Bertz CT molecular complexity index is 1940. The molecular weight excluding hydrogens is 480 g/mol. The van der Waals surface area contributed by atoms with E-state index in [9.17, 15) is 19.8 Å². The van der Waals surface area contributed by atoms with Crippen molar-refractivity contribution in [3.8, 4) is 17.2 Å². The van der Waals surface area contributed by atoms with Gasteiger partial charge in [0.2, 0.25) is 5.78 Å². The Morgan fingerprint density at radius 3 is 2.50 bits per heavy atom. The van der Waals surface area contributed by atoms with E-state index in [-0.39, 0.29) is 22.6 Å². The van der Waals surface area contributed by atoms with Crippen LogP contribution in [0, 0.1) is 6.92 Å². The van der Waals surface area contributed by atoms with Crippen LogP contribution in [0.5, 0.6) is 11.5 Å². The third-order valence-corrected chi connectivity index (χ3v) is 7.01. The lowest BCUT2D eigenvalue weighted by molar-refractivity contribution is 0.403. The first kappa shape index (κ1) is 21.9. The molecule has 0 fully saturated rings. The van der Waals surface area contributed by atoms with Crippen molar-refractivity contribution in [3.05, 3.63) is 98.6 Å². The van der Waals surface area contributed by atoms with Gasteiger partial charge in [0, 0.05) is 23.3 Å². The van der Waals surface area contributed by atoms with E-state index < -0.39 is 5.63 Å². The van der Waals surface area contributed by atoms with Gasteiger partial charge in [-0.15, -0.1) is 10.2 Å². The fourth-order valence-corrected chi connectivity index (χ4v) is 5.25. The van der Waals surface area contributed by atoms with Crippen LogP contribution in [0.1, 0.15) is 11.1 Å². The van der Waals surface area contributed by atoms with Crippen molar-refractivity contribution in [2.75, 3.05) is 0 Å². The molecule has 6 rings (SSSR count). The topological polar surface area (TPSA) is 123 Å². The SMILES string of the molecule is Cc1ccccc1-n1c(=O)c2ccccc2n2c(SCc3cc(=O)oc4cc(O)c(O)cc34)nnc12. The number of hydrogen-bond acceptors (Lipinski definition) is 8. The van der Waals surface area contributed by atoms with E-state index in [1.165, 1.54) is 30.0 Å². The number of fused-ring (bicyclic) bond motifs is 4. The molecule has 0 amide bonds. The molecule has 10 heteroatoms. The van der Waals surface area contributed by atoms with Gasteiger partial charge in [-0.05, 0) is 42.3 Å².